The Kier molecular flexibility index (Phi) is 8.23. The van der Waals surface area contributed by atoms with Crippen LogP contribution < -0.4 is 0 Å². The van der Waals surface area contributed by atoms with E-state index in [0.29, 0.717) is 16.8 Å². The van der Waals surface area contributed by atoms with Gasteiger partial charge in [-0.2, -0.15) is 16.8 Å². The molecule has 0 heterocycles. The maximum Gasteiger partial charge on any atom is 0.437 e. The van der Waals surface area contributed by atoms with Crippen molar-refractivity contribution in [1.29, 1.82) is 0 Å². The zero-order valence-electron chi connectivity index (χ0n) is 16.6. The fourth-order valence-corrected chi connectivity index (χ4v) is 3.53. The molecular formula is C19H21F2NO7S2. The molecule has 0 amide bonds. The van der Waals surface area contributed by atoms with Gasteiger partial charge in [-0.05, 0) is 22.3 Å². The van der Waals surface area contributed by atoms with E-state index in [1.54, 1.807) is 48.5 Å². The van der Waals surface area contributed by atoms with E-state index in [0.717, 1.165) is 11.1 Å². The molecule has 1 N–H and O–H groups in total. The van der Waals surface area contributed by atoms with Crippen LogP contribution in [0.2, 0.25) is 0 Å². The van der Waals surface area contributed by atoms with Crippen molar-refractivity contribution in [3.05, 3.63) is 70.8 Å². The molecule has 0 saturated heterocycles. The Balaban J connectivity index is 2.10. The third kappa shape index (κ3) is 7.98. The summed E-state index contributed by atoms with van der Waals surface area (Å²) < 4.78 is 74.9. The Morgan fingerprint density at radius 1 is 0.806 bits per heavy atom. The fraction of sp³-hybridized carbons (Fsp3) is 0.316. The van der Waals surface area contributed by atoms with Gasteiger partial charge in [0.2, 0.25) is 0 Å². The molecule has 0 saturated carbocycles. The molecule has 0 fully saturated rings. The summed E-state index contributed by atoms with van der Waals surface area (Å²) in [5.74, 6) is -0.640. The quantitative estimate of drug-likeness (QED) is 0.239. The summed E-state index contributed by atoms with van der Waals surface area (Å²) >= 11 is 0. The Morgan fingerprint density at radius 2 is 1.13 bits per heavy atom. The van der Waals surface area contributed by atoms with Gasteiger partial charge in [0.25, 0.3) is 0 Å². The molecular weight excluding hydrogens is 456 g/mol. The minimum absolute atomic E-state index is 0.320. The van der Waals surface area contributed by atoms with Crippen molar-refractivity contribution in [2.24, 2.45) is 5.16 Å². The van der Waals surface area contributed by atoms with Gasteiger partial charge in [-0.25, -0.2) is 8.37 Å². The average molecular weight is 478 g/mol. The highest BCUT2D eigenvalue weighted by atomic mass is 32.3. The number of hydrogen-bond acceptors (Lipinski definition) is 8. The topological polar surface area (TPSA) is 119 Å². The Hall–Kier alpha value is -2.41. The number of halogens is 2. The van der Waals surface area contributed by atoms with Crippen molar-refractivity contribution in [3.8, 4) is 0 Å². The van der Waals surface area contributed by atoms with Crippen LogP contribution in [-0.2, 0) is 42.6 Å². The summed E-state index contributed by atoms with van der Waals surface area (Å²) in [6.07, 6.45) is 0. The highest BCUT2D eigenvalue weighted by Crippen LogP contribution is 2.28. The van der Waals surface area contributed by atoms with Gasteiger partial charge in [-0.1, -0.05) is 75.3 Å². The molecule has 12 heteroatoms. The number of benzene rings is 2. The maximum absolute atomic E-state index is 12.5. The minimum Gasteiger partial charge on any atom is -0.411 e. The molecule has 0 aliphatic rings. The molecule has 2 aromatic rings. The molecule has 0 bridgehead atoms. The normalized spacial score (nSPS) is 14.1. The van der Waals surface area contributed by atoms with Crippen molar-refractivity contribution in [2.45, 2.75) is 38.9 Å². The molecule has 0 radical (unpaired) electrons. The van der Waals surface area contributed by atoms with Crippen LogP contribution in [0.25, 0.3) is 0 Å². The summed E-state index contributed by atoms with van der Waals surface area (Å²) in [4.78, 5) is 0. The molecule has 0 aliphatic carbocycles. The van der Waals surface area contributed by atoms with Crippen LogP contribution in [0.3, 0.4) is 0 Å². The Morgan fingerprint density at radius 3 is 1.39 bits per heavy atom. The lowest BCUT2D eigenvalue weighted by Gasteiger charge is -2.20. The minimum atomic E-state index is -5.03. The first kappa shape index (κ1) is 24.9. The van der Waals surface area contributed by atoms with Crippen LogP contribution in [0.15, 0.2) is 53.7 Å². The third-order valence-corrected chi connectivity index (χ3v) is 5.49. The number of oxime groups is 1. The second-order valence-electron chi connectivity index (χ2n) is 6.76. The van der Waals surface area contributed by atoms with Crippen LogP contribution in [0.1, 0.15) is 47.9 Å². The first-order valence-electron chi connectivity index (χ1n) is 8.97. The molecule has 2 aromatic carbocycles. The molecule has 0 aliphatic heterocycles. The van der Waals surface area contributed by atoms with E-state index >= 15 is 0 Å². The molecule has 31 heavy (non-hydrogen) atoms. The van der Waals surface area contributed by atoms with Gasteiger partial charge in [0, 0.05) is 11.8 Å². The van der Waals surface area contributed by atoms with E-state index in [4.69, 9.17) is 0 Å². The smallest absolute Gasteiger partial charge is 0.411 e. The van der Waals surface area contributed by atoms with Gasteiger partial charge < -0.3 is 5.21 Å². The zero-order chi connectivity index (χ0) is 23.2. The van der Waals surface area contributed by atoms with Crippen LogP contribution in [-0.4, -0.2) is 27.8 Å². The first-order chi connectivity index (χ1) is 14.4. The lowest BCUT2D eigenvalue weighted by Crippen LogP contribution is -2.17. The van der Waals surface area contributed by atoms with Crippen LogP contribution in [0.5, 0.6) is 0 Å². The van der Waals surface area contributed by atoms with Crippen molar-refractivity contribution in [2.75, 3.05) is 0 Å². The molecule has 170 valence electrons. The third-order valence-electron chi connectivity index (χ3n) is 4.69. The van der Waals surface area contributed by atoms with Gasteiger partial charge >= 0.3 is 21.0 Å². The summed E-state index contributed by atoms with van der Waals surface area (Å²) in [7, 11) is -10.1. The van der Waals surface area contributed by atoms with Crippen LogP contribution in [0, 0.1) is 0 Å². The highest BCUT2D eigenvalue weighted by Gasteiger charge is 2.22. The Bertz CT molecular complexity index is 1030. The fourth-order valence-electron chi connectivity index (χ4n) is 2.97. The predicted octanol–water partition coefficient (Wildman–Crippen LogP) is 3.89. The SMILES string of the molecule is CC(C(=NO)C(C)c1ccc(COS(=O)(=O)F)cc1)c1ccc(COS(=O)(=O)F)cc1. The molecule has 2 rings (SSSR count). The zero-order valence-corrected chi connectivity index (χ0v) is 18.2. The molecule has 0 spiro atoms. The molecule has 8 nitrogen and oxygen atoms in total. The van der Waals surface area contributed by atoms with Gasteiger partial charge in [-0.15, -0.1) is 0 Å². The van der Waals surface area contributed by atoms with E-state index in [9.17, 15) is 29.8 Å². The highest BCUT2D eigenvalue weighted by molar-refractivity contribution is 7.81. The van der Waals surface area contributed by atoms with E-state index in [1.807, 2.05) is 13.8 Å². The van der Waals surface area contributed by atoms with E-state index in [2.05, 4.69) is 13.5 Å². The summed E-state index contributed by atoms with van der Waals surface area (Å²) in [6.45, 7) is 2.75. The maximum atomic E-state index is 12.5. The van der Waals surface area contributed by atoms with Gasteiger partial charge in [0.1, 0.15) is 0 Å². The van der Waals surface area contributed by atoms with Crippen LogP contribution >= 0.6 is 0 Å². The monoisotopic (exact) mass is 477 g/mol. The number of rotatable bonds is 10. The van der Waals surface area contributed by atoms with Crippen molar-refractivity contribution < 1.29 is 38.2 Å². The lowest BCUT2D eigenvalue weighted by molar-refractivity contribution is 0.283. The first-order valence-corrected chi connectivity index (χ1v) is 11.6. The van der Waals surface area contributed by atoms with E-state index < -0.39 is 34.2 Å². The molecule has 2 atom stereocenters. The van der Waals surface area contributed by atoms with Gasteiger partial charge in [0.05, 0.1) is 18.9 Å². The predicted molar refractivity (Wildman–Crippen MR) is 109 cm³/mol. The molecule has 2 unspecified atom stereocenters. The summed E-state index contributed by atoms with van der Waals surface area (Å²) in [5.41, 5.74) is 2.86. The van der Waals surface area contributed by atoms with Crippen molar-refractivity contribution in [3.63, 3.8) is 0 Å². The van der Waals surface area contributed by atoms with Crippen molar-refractivity contribution in [1.82, 2.24) is 0 Å². The van der Waals surface area contributed by atoms with Gasteiger partial charge in [-0.3, -0.25) is 0 Å². The largest absolute Gasteiger partial charge is 0.437 e. The standard InChI is InChI=1S/C19H21F2NO7S2/c1-13(17-7-3-15(4-8-17)11-28-30(20,24)25)19(22-23)14(2)18-9-5-16(6-10-18)12-29-31(21,26)27/h3-10,13-14,23H,11-12H2,1-2H3. The van der Waals surface area contributed by atoms with E-state index in [-0.39, 0.29) is 11.8 Å². The average Bonchev–Trinajstić information content (AvgIpc) is 2.71. The van der Waals surface area contributed by atoms with Gasteiger partial charge in [0.15, 0.2) is 0 Å². The van der Waals surface area contributed by atoms with Crippen molar-refractivity contribution >= 4 is 26.7 Å². The Labute approximate surface area is 180 Å². The number of hydrogen-bond donors (Lipinski definition) is 1. The number of nitrogens with zero attached hydrogens (tertiary/aromatic N) is 1. The second kappa shape index (κ2) is 10.3. The van der Waals surface area contributed by atoms with E-state index in [1.165, 1.54) is 0 Å². The van der Waals surface area contributed by atoms with Crippen LogP contribution in [0.4, 0.5) is 7.77 Å². The second-order valence-corrected chi connectivity index (χ2v) is 8.81. The lowest BCUT2D eigenvalue weighted by atomic mass is 9.84. The molecule has 0 aromatic heterocycles. The summed E-state index contributed by atoms with van der Waals surface area (Å²) in [6, 6.07) is 13.0. The summed E-state index contributed by atoms with van der Waals surface area (Å²) in [5, 5.41) is 13.0.